The van der Waals surface area contributed by atoms with Gasteiger partial charge in [-0.25, -0.2) is 13.2 Å². The molecule has 1 aromatic heterocycles. The van der Waals surface area contributed by atoms with Gasteiger partial charge in [-0.15, -0.1) is 0 Å². The normalized spacial score (nSPS) is 12.0. The third-order valence-electron chi connectivity index (χ3n) is 3.69. The van der Waals surface area contributed by atoms with E-state index in [4.69, 9.17) is 14.6 Å². The van der Waals surface area contributed by atoms with Gasteiger partial charge < -0.3 is 19.9 Å². The Bertz CT molecular complexity index is 988. The van der Waals surface area contributed by atoms with E-state index in [2.05, 4.69) is 15.3 Å². The number of nitrogens with one attached hydrogen (secondary N) is 2. The molecular weight excluding hydrogens is 404 g/mol. The molecule has 2 rings (SSSR count). The fourth-order valence-corrected chi connectivity index (χ4v) is 3.49. The highest BCUT2D eigenvalue weighted by Gasteiger charge is 2.23. The number of carbonyl (C=O) groups excluding carboxylic acids is 1. The smallest absolute Gasteiger partial charge is 0.335 e. The Hall–Kier alpha value is -3.41. The number of methoxy groups -OCH3 is 2. The number of hydrogen-bond acceptors (Lipinski definition) is 9. The lowest BCUT2D eigenvalue weighted by atomic mass is 10.1. The molecule has 1 aromatic carbocycles. The molecule has 0 bridgehead atoms. The maximum atomic E-state index is 12.3. The quantitative estimate of drug-likeness (QED) is 0.522. The van der Waals surface area contributed by atoms with Crippen molar-refractivity contribution in [3.05, 3.63) is 41.5 Å². The standard InChI is InChI=1S/C17H20N4O7S/c1-10(18-17-19-13(27-2)8-14(20-17)28-3)15(22)21-29(25,26)9-11-6-4-5-7-12(11)16(23)24/h4-8,10H,9H2,1-3H3,(H,21,22)(H,23,24)(H,18,19,20). The number of anilines is 1. The van der Waals surface area contributed by atoms with Gasteiger partial charge in [-0.05, 0) is 18.6 Å². The number of carbonyl (C=O) groups is 2. The second kappa shape index (κ2) is 9.19. The summed E-state index contributed by atoms with van der Waals surface area (Å²) in [6.07, 6.45) is 0. The number of rotatable bonds is 9. The van der Waals surface area contributed by atoms with Crippen LogP contribution >= 0.6 is 0 Å². The number of aromatic nitrogens is 2. The highest BCUT2D eigenvalue weighted by molar-refractivity contribution is 7.89. The van der Waals surface area contributed by atoms with Crippen molar-refractivity contribution < 1.29 is 32.6 Å². The predicted octanol–water partition coefficient (Wildman–Crippen LogP) is 0.639. The van der Waals surface area contributed by atoms with Crippen molar-refractivity contribution in [3.63, 3.8) is 0 Å². The van der Waals surface area contributed by atoms with Crippen molar-refractivity contribution in [2.45, 2.75) is 18.7 Å². The summed E-state index contributed by atoms with van der Waals surface area (Å²) < 4.78 is 36.5. The first-order valence-corrected chi connectivity index (χ1v) is 9.89. The molecule has 0 aliphatic rings. The van der Waals surface area contributed by atoms with E-state index in [0.717, 1.165) is 0 Å². The fraction of sp³-hybridized carbons (Fsp3) is 0.294. The molecule has 1 heterocycles. The maximum absolute atomic E-state index is 12.3. The van der Waals surface area contributed by atoms with Gasteiger partial charge in [0.05, 0.1) is 31.6 Å². The Balaban J connectivity index is 2.10. The van der Waals surface area contributed by atoms with Crippen molar-refractivity contribution in [1.29, 1.82) is 0 Å². The maximum Gasteiger partial charge on any atom is 0.335 e. The molecule has 0 saturated heterocycles. The Labute approximate surface area is 167 Å². The van der Waals surface area contributed by atoms with E-state index < -0.39 is 33.7 Å². The minimum atomic E-state index is -4.15. The van der Waals surface area contributed by atoms with E-state index in [1.807, 2.05) is 4.72 Å². The van der Waals surface area contributed by atoms with Crippen LogP contribution in [-0.2, 0) is 20.6 Å². The largest absolute Gasteiger partial charge is 0.481 e. The van der Waals surface area contributed by atoms with Crippen LogP contribution in [0.3, 0.4) is 0 Å². The number of amides is 1. The monoisotopic (exact) mass is 424 g/mol. The molecule has 0 aliphatic carbocycles. The Morgan fingerprint density at radius 1 is 1.14 bits per heavy atom. The molecule has 0 fully saturated rings. The van der Waals surface area contributed by atoms with Gasteiger partial charge in [0.15, 0.2) is 0 Å². The molecule has 29 heavy (non-hydrogen) atoms. The lowest BCUT2D eigenvalue weighted by Gasteiger charge is -2.15. The zero-order valence-electron chi connectivity index (χ0n) is 15.9. The first kappa shape index (κ1) is 21.9. The van der Waals surface area contributed by atoms with E-state index in [1.165, 1.54) is 51.5 Å². The lowest BCUT2D eigenvalue weighted by Crippen LogP contribution is -2.41. The molecule has 3 N–H and O–H groups in total. The summed E-state index contributed by atoms with van der Waals surface area (Å²) in [7, 11) is -1.36. The van der Waals surface area contributed by atoms with Gasteiger partial charge in [-0.3, -0.25) is 9.52 Å². The van der Waals surface area contributed by atoms with Crippen LogP contribution in [0.1, 0.15) is 22.8 Å². The highest BCUT2D eigenvalue weighted by Crippen LogP contribution is 2.18. The summed E-state index contributed by atoms with van der Waals surface area (Å²) in [5.41, 5.74) is -0.102. The van der Waals surface area contributed by atoms with Crippen LogP contribution in [0.25, 0.3) is 0 Å². The molecule has 1 atom stereocenters. The van der Waals surface area contributed by atoms with Crippen LogP contribution in [-0.4, -0.2) is 55.6 Å². The van der Waals surface area contributed by atoms with Gasteiger partial charge in [-0.2, -0.15) is 9.97 Å². The summed E-state index contributed by atoms with van der Waals surface area (Å²) in [4.78, 5) is 31.5. The average molecular weight is 424 g/mol. The molecule has 0 spiro atoms. The molecular formula is C17H20N4O7S. The summed E-state index contributed by atoms with van der Waals surface area (Å²) in [5, 5.41) is 11.8. The number of ether oxygens (including phenoxy) is 2. The average Bonchev–Trinajstić information content (AvgIpc) is 2.66. The van der Waals surface area contributed by atoms with E-state index in [-0.39, 0.29) is 28.8 Å². The molecule has 2 aromatic rings. The van der Waals surface area contributed by atoms with E-state index in [1.54, 1.807) is 0 Å². The summed E-state index contributed by atoms with van der Waals surface area (Å²) in [5.74, 6) is -2.44. The van der Waals surface area contributed by atoms with Crippen molar-refractivity contribution in [2.75, 3.05) is 19.5 Å². The van der Waals surface area contributed by atoms with Crippen molar-refractivity contribution in [2.24, 2.45) is 0 Å². The number of carboxylic acids is 1. The third-order valence-corrected chi connectivity index (χ3v) is 4.89. The van der Waals surface area contributed by atoms with Crippen molar-refractivity contribution in [1.82, 2.24) is 14.7 Å². The van der Waals surface area contributed by atoms with E-state index >= 15 is 0 Å². The Kier molecular flexibility index (Phi) is 6.93. The van der Waals surface area contributed by atoms with Crippen LogP contribution in [0, 0.1) is 0 Å². The SMILES string of the molecule is COc1cc(OC)nc(NC(C)C(=O)NS(=O)(=O)Cc2ccccc2C(=O)O)n1. The summed E-state index contributed by atoms with van der Waals surface area (Å²) >= 11 is 0. The third kappa shape index (κ3) is 6.04. The highest BCUT2D eigenvalue weighted by atomic mass is 32.2. The van der Waals surface area contributed by atoms with Gasteiger partial charge in [-0.1, -0.05) is 18.2 Å². The lowest BCUT2D eigenvalue weighted by molar-refractivity contribution is -0.119. The molecule has 0 aliphatic heterocycles. The molecule has 1 unspecified atom stereocenters. The van der Waals surface area contributed by atoms with E-state index in [0.29, 0.717) is 0 Å². The summed E-state index contributed by atoms with van der Waals surface area (Å²) in [6, 6.07) is 6.04. The van der Waals surface area contributed by atoms with Gasteiger partial charge in [0.1, 0.15) is 6.04 Å². The van der Waals surface area contributed by atoms with Gasteiger partial charge >= 0.3 is 5.97 Å². The number of sulfonamides is 1. The molecule has 1 amide bonds. The van der Waals surface area contributed by atoms with Crippen LogP contribution in [0.2, 0.25) is 0 Å². The minimum Gasteiger partial charge on any atom is -0.481 e. The fourth-order valence-electron chi connectivity index (χ4n) is 2.27. The van der Waals surface area contributed by atoms with Crippen LogP contribution in [0.5, 0.6) is 11.8 Å². The van der Waals surface area contributed by atoms with Gasteiger partial charge in [0.2, 0.25) is 27.7 Å². The number of aromatic carboxylic acids is 1. The van der Waals surface area contributed by atoms with Crippen molar-refractivity contribution in [3.8, 4) is 11.8 Å². The number of benzene rings is 1. The molecule has 12 heteroatoms. The molecule has 0 saturated carbocycles. The number of hydrogen-bond donors (Lipinski definition) is 3. The van der Waals surface area contributed by atoms with Gasteiger partial charge in [0.25, 0.3) is 5.91 Å². The molecule has 156 valence electrons. The zero-order chi connectivity index (χ0) is 21.6. The van der Waals surface area contributed by atoms with E-state index in [9.17, 15) is 18.0 Å². The second-order valence-corrected chi connectivity index (χ2v) is 7.55. The Morgan fingerprint density at radius 3 is 2.28 bits per heavy atom. The Morgan fingerprint density at radius 2 is 1.72 bits per heavy atom. The van der Waals surface area contributed by atoms with Crippen LogP contribution in [0.4, 0.5) is 5.95 Å². The molecule has 0 radical (unpaired) electrons. The first-order valence-electron chi connectivity index (χ1n) is 8.24. The zero-order valence-corrected chi connectivity index (χ0v) is 16.7. The summed E-state index contributed by atoms with van der Waals surface area (Å²) in [6.45, 7) is 1.41. The van der Waals surface area contributed by atoms with Crippen LogP contribution < -0.4 is 19.5 Å². The second-order valence-electron chi connectivity index (χ2n) is 5.83. The van der Waals surface area contributed by atoms with Gasteiger partial charge in [0, 0.05) is 0 Å². The minimum absolute atomic E-state index is 0.00234. The topological polar surface area (TPSA) is 157 Å². The number of nitrogens with zero attached hydrogens (tertiary/aromatic N) is 2. The number of carboxylic acid groups (broad SMARTS) is 1. The van der Waals surface area contributed by atoms with Crippen LogP contribution in [0.15, 0.2) is 30.3 Å². The molecule has 11 nitrogen and oxygen atoms in total. The first-order chi connectivity index (χ1) is 13.6. The van der Waals surface area contributed by atoms with Crippen molar-refractivity contribution >= 4 is 27.8 Å². The predicted molar refractivity (Wildman–Crippen MR) is 102 cm³/mol.